The zero-order chi connectivity index (χ0) is 24.1. The first-order valence-electron chi connectivity index (χ1n) is 11.4. The van der Waals surface area contributed by atoms with Gasteiger partial charge in [0.2, 0.25) is 0 Å². The lowest BCUT2D eigenvalue weighted by molar-refractivity contribution is 0.0721. The van der Waals surface area contributed by atoms with Crippen LogP contribution in [0, 0.1) is 6.92 Å². The van der Waals surface area contributed by atoms with Crippen LogP contribution in [0.25, 0.3) is 10.9 Å². The third kappa shape index (κ3) is 5.14. The Hall–Kier alpha value is -4.00. The van der Waals surface area contributed by atoms with Gasteiger partial charge in [-0.1, -0.05) is 30.3 Å². The highest BCUT2D eigenvalue weighted by atomic mass is 16.2. The number of amides is 2. The maximum Gasteiger partial charge on any atom is 0.267 e. The van der Waals surface area contributed by atoms with E-state index in [1.54, 1.807) is 27.9 Å². The van der Waals surface area contributed by atoms with E-state index in [1.165, 1.54) is 0 Å². The highest BCUT2D eigenvalue weighted by Crippen LogP contribution is 2.19. The molecule has 4 aromatic rings. The molecule has 0 saturated carbocycles. The Labute approximate surface area is 199 Å². The van der Waals surface area contributed by atoms with Crippen molar-refractivity contribution in [3.8, 4) is 0 Å². The third-order valence-corrected chi connectivity index (χ3v) is 6.16. The number of hydrogen-bond acceptors (Lipinski definition) is 4. The van der Waals surface area contributed by atoms with Crippen LogP contribution >= 0.6 is 0 Å². The van der Waals surface area contributed by atoms with Gasteiger partial charge in [-0.05, 0) is 49.6 Å². The molecule has 1 unspecified atom stereocenters. The van der Waals surface area contributed by atoms with Crippen LogP contribution in [-0.4, -0.2) is 50.9 Å². The largest absolute Gasteiger partial charge is 0.351 e. The lowest BCUT2D eigenvalue weighted by Gasteiger charge is -2.29. The van der Waals surface area contributed by atoms with Gasteiger partial charge >= 0.3 is 0 Å². The maximum atomic E-state index is 13.5. The number of hydrogen-bond donors (Lipinski definition) is 1. The van der Waals surface area contributed by atoms with Gasteiger partial charge < -0.3 is 14.8 Å². The second-order valence-electron chi connectivity index (χ2n) is 8.50. The number of carbonyl (C=O) groups excluding carboxylic acids is 2. The maximum absolute atomic E-state index is 13.5. The summed E-state index contributed by atoms with van der Waals surface area (Å²) in [7, 11) is 3.66. The Morgan fingerprint density at radius 2 is 1.91 bits per heavy atom. The molecule has 1 aromatic carbocycles. The summed E-state index contributed by atoms with van der Waals surface area (Å²) in [6, 6.07) is 17.3. The first-order chi connectivity index (χ1) is 16.4. The number of nitrogens with zero attached hydrogens (tertiary/aromatic N) is 4. The number of aryl methyl sites for hydroxylation is 2. The molecule has 3 heterocycles. The van der Waals surface area contributed by atoms with Gasteiger partial charge in [0.05, 0.1) is 16.8 Å². The van der Waals surface area contributed by atoms with E-state index in [-0.39, 0.29) is 17.9 Å². The van der Waals surface area contributed by atoms with E-state index in [9.17, 15) is 9.59 Å². The summed E-state index contributed by atoms with van der Waals surface area (Å²) in [5.41, 5.74) is 3.81. The fourth-order valence-electron chi connectivity index (χ4n) is 4.14. The Morgan fingerprint density at radius 1 is 1.12 bits per heavy atom. The first-order valence-corrected chi connectivity index (χ1v) is 11.4. The predicted octanol–water partition coefficient (Wildman–Crippen LogP) is 3.78. The lowest BCUT2D eigenvalue weighted by Crippen LogP contribution is -2.41. The molecule has 174 valence electrons. The minimum absolute atomic E-state index is 0.0922. The average Bonchev–Trinajstić information content (AvgIpc) is 3.28. The fraction of sp³-hybridized carbons (Fsp3) is 0.259. The number of pyridine rings is 2. The molecule has 0 radical (unpaired) electrons. The molecule has 3 aromatic heterocycles. The van der Waals surface area contributed by atoms with Gasteiger partial charge in [-0.15, -0.1) is 0 Å². The van der Waals surface area contributed by atoms with Gasteiger partial charge in [0.15, 0.2) is 0 Å². The highest BCUT2D eigenvalue weighted by molar-refractivity contribution is 5.98. The van der Waals surface area contributed by atoms with Gasteiger partial charge in [0.25, 0.3) is 11.8 Å². The zero-order valence-corrected chi connectivity index (χ0v) is 19.7. The van der Waals surface area contributed by atoms with E-state index in [2.05, 4.69) is 27.4 Å². The standard InChI is InChI=1S/C27H29N5O2/c1-19-23(17-21-18-28-13-12-24(21)30-19)27(34)32(3)22(16-20-8-5-4-6-9-20)11-14-29-26(33)25-10-7-15-31(25)2/h4-10,12-13,15,17-18,22H,11,14,16H2,1-3H3,(H,29,33). The minimum Gasteiger partial charge on any atom is -0.351 e. The molecule has 0 aliphatic rings. The summed E-state index contributed by atoms with van der Waals surface area (Å²) < 4.78 is 1.79. The summed E-state index contributed by atoms with van der Waals surface area (Å²) in [4.78, 5) is 36.6. The van der Waals surface area contributed by atoms with Crippen molar-refractivity contribution in [2.45, 2.75) is 25.8 Å². The number of rotatable bonds is 8. The van der Waals surface area contributed by atoms with Crippen LogP contribution in [0.1, 0.15) is 38.5 Å². The molecule has 0 aliphatic heterocycles. The van der Waals surface area contributed by atoms with Crippen molar-refractivity contribution >= 4 is 22.7 Å². The summed E-state index contributed by atoms with van der Waals surface area (Å²) in [5.74, 6) is -0.215. The van der Waals surface area contributed by atoms with Gasteiger partial charge in [-0.2, -0.15) is 0 Å². The topological polar surface area (TPSA) is 80.1 Å². The van der Waals surface area contributed by atoms with Crippen molar-refractivity contribution in [1.82, 2.24) is 24.8 Å². The molecule has 2 amide bonds. The molecule has 7 heteroatoms. The van der Waals surface area contributed by atoms with Crippen LogP contribution in [0.4, 0.5) is 0 Å². The van der Waals surface area contributed by atoms with Crippen molar-refractivity contribution in [1.29, 1.82) is 0 Å². The average molecular weight is 456 g/mol. The Balaban J connectivity index is 1.52. The van der Waals surface area contributed by atoms with Crippen LogP contribution in [0.5, 0.6) is 0 Å². The number of likely N-dealkylation sites (N-methyl/N-ethyl adjacent to an activating group) is 1. The van der Waals surface area contributed by atoms with E-state index in [0.29, 0.717) is 36.3 Å². The van der Waals surface area contributed by atoms with Crippen LogP contribution in [-0.2, 0) is 13.5 Å². The first kappa shape index (κ1) is 23.2. The second kappa shape index (κ2) is 10.3. The van der Waals surface area contributed by atoms with E-state index >= 15 is 0 Å². The fourth-order valence-corrected chi connectivity index (χ4v) is 4.14. The molecule has 34 heavy (non-hydrogen) atoms. The van der Waals surface area contributed by atoms with Gasteiger partial charge in [-0.3, -0.25) is 19.6 Å². The van der Waals surface area contributed by atoms with Crippen LogP contribution in [0.15, 0.2) is 73.2 Å². The van der Waals surface area contributed by atoms with Gasteiger partial charge in [-0.25, -0.2) is 0 Å². The van der Waals surface area contributed by atoms with E-state index in [4.69, 9.17) is 0 Å². The summed E-state index contributed by atoms with van der Waals surface area (Å²) in [6.07, 6.45) is 6.57. The van der Waals surface area contributed by atoms with E-state index < -0.39 is 0 Å². The quantitative estimate of drug-likeness (QED) is 0.439. The molecule has 4 rings (SSSR count). The predicted molar refractivity (Wildman–Crippen MR) is 133 cm³/mol. The summed E-state index contributed by atoms with van der Waals surface area (Å²) in [6.45, 7) is 2.31. The summed E-state index contributed by atoms with van der Waals surface area (Å²) in [5, 5.41) is 3.83. The van der Waals surface area contributed by atoms with Crippen LogP contribution in [0.3, 0.4) is 0 Å². The van der Waals surface area contributed by atoms with Gasteiger partial charge in [0, 0.05) is 50.7 Å². The normalized spacial score (nSPS) is 11.9. The van der Waals surface area contributed by atoms with Crippen molar-refractivity contribution in [3.05, 3.63) is 95.7 Å². The Kier molecular flexibility index (Phi) is 7.01. The Morgan fingerprint density at radius 3 is 2.65 bits per heavy atom. The van der Waals surface area contributed by atoms with Crippen molar-refractivity contribution in [2.75, 3.05) is 13.6 Å². The number of carbonyl (C=O) groups is 2. The third-order valence-electron chi connectivity index (χ3n) is 6.16. The van der Waals surface area contributed by atoms with Crippen molar-refractivity contribution in [3.63, 3.8) is 0 Å². The SMILES string of the molecule is Cc1nc2ccncc2cc1C(=O)N(C)C(CCNC(=O)c1cccn1C)Cc1ccccc1. The monoisotopic (exact) mass is 455 g/mol. The van der Waals surface area contributed by atoms with E-state index in [1.807, 2.05) is 63.6 Å². The molecule has 1 atom stereocenters. The molecule has 7 nitrogen and oxygen atoms in total. The molecule has 0 saturated heterocycles. The molecule has 0 bridgehead atoms. The smallest absolute Gasteiger partial charge is 0.267 e. The van der Waals surface area contributed by atoms with E-state index in [0.717, 1.165) is 16.5 Å². The lowest BCUT2D eigenvalue weighted by atomic mass is 10.0. The van der Waals surface area contributed by atoms with Crippen LogP contribution in [0.2, 0.25) is 0 Å². The van der Waals surface area contributed by atoms with Crippen LogP contribution < -0.4 is 5.32 Å². The number of fused-ring (bicyclic) bond motifs is 1. The molecule has 1 N–H and O–H groups in total. The van der Waals surface area contributed by atoms with Crippen molar-refractivity contribution in [2.24, 2.45) is 7.05 Å². The molecular weight excluding hydrogens is 426 g/mol. The number of nitrogens with one attached hydrogen (secondary N) is 1. The van der Waals surface area contributed by atoms with Crippen molar-refractivity contribution < 1.29 is 9.59 Å². The highest BCUT2D eigenvalue weighted by Gasteiger charge is 2.24. The molecule has 0 aliphatic carbocycles. The van der Waals surface area contributed by atoms with Gasteiger partial charge in [0.1, 0.15) is 5.69 Å². The minimum atomic E-state index is -0.123. The zero-order valence-electron chi connectivity index (χ0n) is 19.7. The Bertz CT molecular complexity index is 1300. The second-order valence-corrected chi connectivity index (χ2v) is 8.50. The molecule has 0 spiro atoms. The number of aromatic nitrogens is 3. The summed E-state index contributed by atoms with van der Waals surface area (Å²) >= 11 is 0. The number of benzene rings is 1. The molecular formula is C27H29N5O2. The molecule has 0 fully saturated rings.